The zero-order chi connectivity index (χ0) is 24.9. The summed E-state index contributed by atoms with van der Waals surface area (Å²) in [5, 5.41) is 10.7. The van der Waals surface area contributed by atoms with Crippen molar-refractivity contribution in [1.82, 2.24) is 14.8 Å². The highest BCUT2D eigenvalue weighted by atomic mass is 35.5. The van der Waals surface area contributed by atoms with Gasteiger partial charge >= 0.3 is 0 Å². The summed E-state index contributed by atoms with van der Waals surface area (Å²) in [6, 6.07) is 17.0. The first-order valence-corrected chi connectivity index (χ1v) is 12.2. The van der Waals surface area contributed by atoms with Crippen molar-refractivity contribution in [2.75, 3.05) is 28.4 Å². The van der Waals surface area contributed by atoms with E-state index in [4.69, 9.17) is 42.1 Å². The maximum atomic E-state index is 6.20. The molecular formula is C25H23Cl2N3O4S. The van der Waals surface area contributed by atoms with Crippen molar-refractivity contribution in [2.45, 2.75) is 10.9 Å². The van der Waals surface area contributed by atoms with Gasteiger partial charge in [-0.15, -0.1) is 10.2 Å². The van der Waals surface area contributed by atoms with Gasteiger partial charge in [0, 0.05) is 17.0 Å². The Morgan fingerprint density at radius 3 is 2.03 bits per heavy atom. The molecule has 0 N–H and O–H groups in total. The number of rotatable bonds is 9. The van der Waals surface area contributed by atoms with E-state index in [2.05, 4.69) is 10.2 Å². The lowest BCUT2D eigenvalue weighted by Crippen LogP contribution is -2.01. The first-order chi connectivity index (χ1) is 17.0. The molecule has 182 valence electrons. The number of benzene rings is 3. The van der Waals surface area contributed by atoms with Crippen LogP contribution in [-0.4, -0.2) is 43.2 Å². The summed E-state index contributed by atoms with van der Waals surface area (Å²) in [6.45, 7) is 0. The molecule has 0 saturated heterocycles. The summed E-state index contributed by atoms with van der Waals surface area (Å²) < 4.78 is 23.9. The third-order valence-corrected chi connectivity index (χ3v) is 6.98. The van der Waals surface area contributed by atoms with E-state index in [1.165, 1.54) is 11.8 Å². The Labute approximate surface area is 217 Å². The summed E-state index contributed by atoms with van der Waals surface area (Å²) >= 11 is 13.8. The zero-order valence-electron chi connectivity index (χ0n) is 19.5. The van der Waals surface area contributed by atoms with Gasteiger partial charge in [0.05, 0.1) is 38.5 Å². The van der Waals surface area contributed by atoms with Crippen molar-refractivity contribution in [2.24, 2.45) is 0 Å². The third-order valence-electron chi connectivity index (χ3n) is 5.24. The average molecular weight is 532 g/mol. The van der Waals surface area contributed by atoms with Crippen LogP contribution in [0.5, 0.6) is 23.0 Å². The molecule has 0 aliphatic carbocycles. The lowest BCUT2D eigenvalue weighted by Gasteiger charge is -2.15. The first kappa shape index (κ1) is 25.0. The molecule has 35 heavy (non-hydrogen) atoms. The monoisotopic (exact) mass is 531 g/mol. The fourth-order valence-corrected chi connectivity index (χ4v) is 4.72. The van der Waals surface area contributed by atoms with E-state index in [9.17, 15) is 0 Å². The van der Waals surface area contributed by atoms with Gasteiger partial charge in [-0.2, -0.15) is 0 Å². The number of halogens is 2. The van der Waals surface area contributed by atoms with E-state index in [1.807, 2.05) is 53.1 Å². The normalized spacial score (nSPS) is 10.8. The number of ether oxygens (including phenoxy) is 4. The molecule has 0 aliphatic heterocycles. The van der Waals surface area contributed by atoms with Crippen molar-refractivity contribution in [1.29, 1.82) is 0 Å². The van der Waals surface area contributed by atoms with Crippen LogP contribution < -0.4 is 18.9 Å². The van der Waals surface area contributed by atoms with Crippen LogP contribution in [0.3, 0.4) is 0 Å². The second kappa shape index (κ2) is 11.1. The Morgan fingerprint density at radius 2 is 1.46 bits per heavy atom. The van der Waals surface area contributed by atoms with Crippen molar-refractivity contribution >= 4 is 35.0 Å². The zero-order valence-corrected chi connectivity index (χ0v) is 21.9. The fraction of sp³-hybridized carbons (Fsp3) is 0.200. The largest absolute Gasteiger partial charge is 0.497 e. The molecule has 10 heteroatoms. The van der Waals surface area contributed by atoms with Crippen LogP contribution >= 0.6 is 35.0 Å². The van der Waals surface area contributed by atoms with E-state index in [0.29, 0.717) is 44.0 Å². The molecule has 7 nitrogen and oxygen atoms in total. The molecule has 0 radical (unpaired) electrons. The second-order valence-corrected chi connectivity index (χ2v) is 9.05. The molecule has 0 bridgehead atoms. The molecule has 4 rings (SSSR count). The van der Waals surface area contributed by atoms with E-state index < -0.39 is 0 Å². The Bertz CT molecular complexity index is 1300. The van der Waals surface area contributed by atoms with E-state index in [-0.39, 0.29) is 0 Å². The van der Waals surface area contributed by atoms with Crippen LogP contribution in [0, 0.1) is 0 Å². The minimum atomic E-state index is 0.503. The maximum Gasteiger partial charge on any atom is 0.203 e. The quantitative estimate of drug-likeness (QED) is 0.226. The molecule has 0 atom stereocenters. The first-order valence-electron chi connectivity index (χ1n) is 10.5. The van der Waals surface area contributed by atoms with Gasteiger partial charge in [0.1, 0.15) is 5.75 Å². The van der Waals surface area contributed by atoms with E-state index in [1.54, 1.807) is 34.5 Å². The number of hydrogen-bond donors (Lipinski definition) is 0. The van der Waals surface area contributed by atoms with Gasteiger partial charge in [-0.05, 0) is 54.1 Å². The molecule has 3 aromatic carbocycles. The highest BCUT2D eigenvalue weighted by Crippen LogP contribution is 2.42. The topological polar surface area (TPSA) is 67.6 Å². The molecule has 4 aromatic rings. The Hall–Kier alpha value is -3.07. The number of nitrogens with zero attached hydrogens (tertiary/aromatic N) is 3. The van der Waals surface area contributed by atoms with Crippen LogP contribution in [-0.2, 0) is 5.75 Å². The number of thioether (sulfide) groups is 1. The van der Waals surface area contributed by atoms with Gasteiger partial charge in [0.2, 0.25) is 5.75 Å². The Balaban J connectivity index is 1.80. The van der Waals surface area contributed by atoms with Gasteiger partial charge in [0.25, 0.3) is 0 Å². The van der Waals surface area contributed by atoms with Gasteiger partial charge in [-0.25, -0.2) is 0 Å². The van der Waals surface area contributed by atoms with Crippen LogP contribution in [0.25, 0.3) is 17.1 Å². The molecule has 0 saturated carbocycles. The Morgan fingerprint density at radius 1 is 0.771 bits per heavy atom. The summed E-state index contributed by atoms with van der Waals surface area (Å²) in [5.74, 6) is 3.54. The molecule has 0 spiro atoms. The molecule has 0 amide bonds. The predicted octanol–water partition coefficient (Wildman–Crippen LogP) is 6.57. The molecular weight excluding hydrogens is 509 g/mol. The van der Waals surface area contributed by atoms with Crippen molar-refractivity contribution < 1.29 is 18.9 Å². The summed E-state index contributed by atoms with van der Waals surface area (Å²) in [4.78, 5) is 0. The van der Waals surface area contributed by atoms with Crippen molar-refractivity contribution in [3.8, 4) is 40.1 Å². The smallest absolute Gasteiger partial charge is 0.203 e. The lowest BCUT2D eigenvalue weighted by atomic mass is 10.1. The number of aromatic nitrogens is 3. The van der Waals surface area contributed by atoms with Crippen LogP contribution in [0.1, 0.15) is 5.56 Å². The lowest BCUT2D eigenvalue weighted by molar-refractivity contribution is 0.324. The number of hydrogen-bond acceptors (Lipinski definition) is 7. The van der Waals surface area contributed by atoms with Gasteiger partial charge in [0.15, 0.2) is 22.5 Å². The molecule has 0 unspecified atom stereocenters. The van der Waals surface area contributed by atoms with Crippen LogP contribution in [0.2, 0.25) is 10.0 Å². The van der Waals surface area contributed by atoms with Crippen molar-refractivity contribution in [3.05, 3.63) is 70.2 Å². The van der Waals surface area contributed by atoms with Crippen LogP contribution in [0.15, 0.2) is 59.8 Å². The van der Waals surface area contributed by atoms with Crippen molar-refractivity contribution in [3.63, 3.8) is 0 Å². The minimum absolute atomic E-state index is 0.503. The summed E-state index contributed by atoms with van der Waals surface area (Å²) in [7, 11) is 6.35. The SMILES string of the molecule is COc1ccc(-n2c(SCc3ccc(Cl)c(Cl)c3)nnc2-c2cc(OC)c(OC)c(OC)c2)cc1. The predicted molar refractivity (Wildman–Crippen MR) is 139 cm³/mol. The summed E-state index contributed by atoms with van der Waals surface area (Å²) in [5.41, 5.74) is 2.64. The summed E-state index contributed by atoms with van der Waals surface area (Å²) in [6.07, 6.45) is 0. The molecule has 1 aromatic heterocycles. The maximum absolute atomic E-state index is 6.20. The standard InChI is InChI=1S/C25H23Cl2N3O4S/c1-31-18-8-6-17(7-9-18)30-24(16-12-21(32-2)23(34-4)22(13-16)33-3)28-29-25(30)35-14-15-5-10-19(26)20(27)11-15/h5-13H,14H2,1-4H3. The van der Waals surface area contributed by atoms with Gasteiger partial charge < -0.3 is 18.9 Å². The highest BCUT2D eigenvalue weighted by Gasteiger charge is 2.21. The number of methoxy groups -OCH3 is 4. The fourth-order valence-electron chi connectivity index (χ4n) is 3.50. The minimum Gasteiger partial charge on any atom is -0.497 e. The molecule has 1 heterocycles. The molecule has 0 aliphatic rings. The highest BCUT2D eigenvalue weighted by molar-refractivity contribution is 7.98. The average Bonchev–Trinajstić information content (AvgIpc) is 3.32. The van der Waals surface area contributed by atoms with Gasteiger partial charge in [-0.3, -0.25) is 4.57 Å². The Kier molecular flexibility index (Phi) is 7.95. The van der Waals surface area contributed by atoms with E-state index >= 15 is 0 Å². The molecule has 0 fully saturated rings. The second-order valence-electron chi connectivity index (χ2n) is 7.29. The third kappa shape index (κ3) is 5.29. The van der Waals surface area contributed by atoms with E-state index in [0.717, 1.165) is 22.6 Å². The van der Waals surface area contributed by atoms with Gasteiger partial charge in [-0.1, -0.05) is 41.0 Å². The van der Waals surface area contributed by atoms with Crippen LogP contribution in [0.4, 0.5) is 0 Å².